The van der Waals surface area contributed by atoms with Gasteiger partial charge in [-0.1, -0.05) is 11.6 Å². The quantitative estimate of drug-likeness (QED) is 0.713. The molecule has 0 bridgehead atoms. The number of rotatable bonds is 1. The van der Waals surface area contributed by atoms with Crippen molar-refractivity contribution in [1.29, 1.82) is 0 Å². The third kappa shape index (κ3) is 2.00. The lowest BCUT2D eigenvalue weighted by atomic mass is 9.79. The van der Waals surface area contributed by atoms with Gasteiger partial charge in [-0.25, -0.2) is 8.78 Å². The average molecular weight is 330 g/mol. The highest BCUT2D eigenvalue weighted by atomic mass is 127. The molecule has 76 valence electrons. The summed E-state index contributed by atoms with van der Waals surface area (Å²) in [5.74, 6) is -2.59. The summed E-state index contributed by atoms with van der Waals surface area (Å²) in [5.41, 5.74) is 0.727. The van der Waals surface area contributed by atoms with Crippen molar-refractivity contribution in [2.75, 3.05) is 0 Å². The first kappa shape index (κ1) is 10.5. The molecule has 0 spiro atoms. The van der Waals surface area contributed by atoms with Crippen molar-refractivity contribution in [2.24, 2.45) is 0 Å². The molecule has 1 aromatic rings. The van der Waals surface area contributed by atoms with Crippen LogP contribution in [0, 0.1) is 3.57 Å². The van der Waals surface area contributed by atoms with Crippen LogP contribution in [0.5, 0.6) is 0 Å². The number of nitrogens with zero attached hydrogens (tertiary/aromatic N) is 1. The predicted octanol–water partition coefficient (Wildman–Crippen LogP) is 3.85. The lowest BCUT2D eigenvalue weighted by Crippen LogP contribution is -2.34. The fourth-order valence-corrected chi connectivity index (χ4v) is 2.08. The fraction of sp³-hybridized carbons (Fsp3) is 0.444. The van der Waals surface area contributed by atoms with Crippen molar-refractivity contribution in [3.63, 3.8) is 0 Å². The van der Waals surface area contributed by atoms with Gasteiger partial charge in [0.1, 0.15) is 0 Å². The summed E-state index contributed by atoms with van der Waals surface area (Å²) in [6.45, 7) is 0. The Morgan fingerprint density at radius 1 is 1.50 bits per heavy atom. The van der Waals surface area contributed by atoms with Gasteiger partial charge < -0.3 is 0 Å². The van der Waals surface area contributed by atoms with Crippen LogP contribution < -0.4 is 0 Å². The number of pyridine rings is 1. The van der Waals surface area contributed by atoms with Crippen molar-refractivity contribution in [3.8, 4) is 0 Å². The minimum Gasteiger partial charge on any atom is -0.259 e. The molecule has 1 saturated carbocycles. The Hall–Kier alpha value is 0.0300. The van der Waals surface area contributed by atoms with Gasteiger partial charge >= 0.3 is 0 Å². The van der Waals surface area contributed by atoms with E-state index in [1.807, 2.05) is 0 Å². The Morgan fingerprint density at radius 2 is 2.14 bits per heavy atom. The Morgan fingerprint density at radius 3 is 2.64 bits per heavy atom. The van der Waals surface area contributed by atoms with E-state index in [2.05, 4.69) is 27.6 Å². The molecule has 0 saturated heterocycles. The van der Waals surface area contributed by atoms with Crippen molar-refractivity contribution >= 4 is 34.2 Å². The first-order valence-corrected chi connectivity index (χ1v) is 5.62. The molecular formula is C9H7ClF2IN. The molecule has 0 radical (unpaired) electrons. The summed E-state index contributed by atoms with van der Waals surface area (Å²) in [7, 11) is 0. The standard InChI is InChI=1S/C9H7ClF2IN/c10-6-4-14-8(1-7(6)13)5-2-9(11,12)3-5/h1,4-5H,2-3H2. The monoisotopic (exact) mass is 329 g/mol. The van der Waals surface area contributed by atoms with Crippen LogP contribution in [0.2, 0.25) is 5.02 Å². The number of alkyl halides is 2. The molecule has 1 heterocycles. The van der Waals surface area contributed by atoms with Crippen LogP contribution in [0.4, 0.5) is 8.78 Å². The molecule has 0 N–H and O–H groups in total. The normalized spacial score (nSPS) is 20.6. The average Bonchev–Trinajstić information content (AvgIpc) is 2.06. The zero-order valence-electron chi connectivity index (χ0n) is 7.11. The minimum atomic E-state index is -2.49. The second-order valence-electron chi connectivity index (χ2n) is 3.48. The van der Waals surface area contributed by atoms with Crippen LogP contribution in [-0.2, 0) is 0 Å². The van der Waals surface area contributed by atoms with Gasteiger partial charge in [0, 0.05) is 34.2 Å². The van der Waals surface area contributed by atoms with E-state index in [1.165, 1.54) is 6.20 Å². The molecule has 5 heteroatoms. The molecule has 1 aliphatic rings. The van der Waals surface area contributed by atoms with Crippen molar-refractivity contribution in [2.45, 2.75) is 24.7 Å². The van der Waals surface area contributed by atoms with Crippen LogP contribution in [0.25, 0.3) is 0 Å². The molecule has 2 rings (SSSR count). The van der Waals surface area contributed by atoms with Crippen LogP contribution >= 0.6 is 34.2 Å². The van der Waals surface area contributed by atoms with Gasteiger partial charge in [-0.05, 0) is 28.7 Å². The van der Waals surface area contributed by atoms with Gasteiger partial charge in [0.25, 0.3) is 0 Å². The molecule has 1 nitrogen and oxygen atoms in total. The van der Waals surface area contributed by atoms with Gasteiger partial charge in [-0.2, -0.15) is 0 Å². The molecule has 1 aromatic heterocycles. The Bertz CT molecular complexity index is 362. The van der Waals surface area contributed by atoms with Gasteiger partial charge in [-0.3, -0.25) is 4.98 Å². The molecule has 1 aliphatic carbocycles. The number of hydrogen-bond donors (Lipinski definition) is 0. The van der Waals surface area contributed by atoms with Gasteiger partial charge in [-0.15, -0.1) is 0 Å². The number of halogens is 4. The van der Waals surface area contributed by atoms with Crippen LogP contribution in [0.3, 0.4) is 0 Å². The highest BCUT2D eigenvalue weighted by Gasteiger charge is 2.46. The summed E-state index contributed by atoms with van der Waals surface area (Å²) in [5, 5.41) is 0.570. The minimum absolute atomic E-state index is 0.0856. The second kappa shape index (κ2) is 3.56. The summed E-state index contributed by atoms with van der Waals surface area (Å²) in [4.78, 5) is 4.06. The van der Waals surface area contributed by atoms with E-state index in [1.54, 1.807) is 6.07 Å². The van der Waals surface area contributed by atoms with E-state index in [4.69, 9.17) is 11.6 Å². The summed E-state index contributed by atoms with van der Waals surface area (Å²) < 4.78 is 26.1. The first-order valence-electron chi connectivity index (χ1n) is 4.17. The summed E-state index contributed by atoms with van der Waals surface area (Å²) in [6, 6.07) is 1.78. The topological polar surface area (TPSA) is 12.9 Å². The van der Waals surface area contributed by atoms with Crippen LogP contribution in [-0.4, -0.2) is 10.9 Å². The smallest absolute Gasteiger partial charge is 0.249 e. The zero-order chi connectivity index (χ0) is 10.3. The molecule has 0 amide bonds. The van der Waals surface area contributed by atoms with Crippen molar-refractivity contribution in [3.05, 3.63) is 26.5 Å². The maximum Gasteiger partial charge on any atom is 0.249 e. The molecule has 1 fully saturated rings. The molecule has 0 atom stereocenters. The lowest BCUT2D eigenvalue weighted by molar-refractivity contribution is -0.0876. The Balaban J connectivity index is 2.16. The van der Waals surface area contributed by atoms with E-state index < -0.39 is 5.92 Å². The maximum atomic E-state index is 12.6. The van der Waals surface area contributed by atoms with E-state index in [0.29, 0.717) is 5.02 Å². The molecule has 14 heavy (non-hydrogen) atoms. The highest BCUT2D eigenvalue weighted by molar-refractivity contribution is 14.1. The molecule has 0 aromatic carbocycles. The number of hydrogen-bond acceptors (Lipinski definition) is 1. The Labute approximate surface area is 99.0 Å². The van der Waals surface area contributed by atoms with Crippen LogP contribution in [0.15, 0.2) is 12.3 Å². The van der Waals surface area contributed by atoms with E-state index in [-0.39, 0.29) is 18.8 Å². The summed E-state index contributed by atoms with van der Waals surface area (Å²) in [6.07, 6.45) is 1.35. The largest absolute Gasteiger partial charge is 0.259 e. The predicted molar refractivity (Wildman–Crippen MR) is 58.9 cm³/mol. The van der Waals surface area contributed by atoms with E-state index in [9.17, 15) is 8.78 Å². The lowest BCUT2D eigenvalue weighted by Gasteiger charge is -2.34. The Kier molecular flexibility index (Phi) is 2.68. The maximum absolute atomic E-state index is 12.6. The highest BCUT2D eigenvalue weighted by Crippen LogP contribution is 2.47. The SMILES string of the molecule is FC1(F)CC(c2cc(I)c(Cl)cn2)C1. The van der Waals surface area contributed by atoms with E-state index >= 15 is 0 Å². The first-order chi connectivity index (χ1) is 6.48. The third-order valence-electron chi connectivity index (χ3n) is 2.34. The van der Waals surface area contributed by atoms with Crippen molar-refractivity contribution < 1.29 is 8.78 Å². The molecular weight excluding hydrogens is 322 g/mol. The van der Waals surface area contributed by atoms with Gasteiger partial charge in [0.15, 0.2) is 0 Å². The summed E-state index contributed by atoms with van der Waals surface area (Å²) >= 11 is 7.86. The number of aromatic nitrogens is 1. The molecule has 0 unspecified atom stereocenters. The second-order valence-corrected chi connectivity index (χ2v) is 5.05. The fourth-order valence-electron chi connectivity index (χ4n) is 1.52. The van der Waals surface area contributed by atoms with E-state index in [0.717, 1.165) is 9.26 Å². The zero-order valence-corrected chi connectivity index (χ0v) is 10.0. The third-order valence-corrected chi connectivity index (χ3v) is 3.85. The van der Waals surface area contributed by atoms with Crippen LogP contribution in [0.1, 0.15) is 24.5 Å². The van der Waals surface area contributed by atoms with Crippen molar-refractivity contribution in [1.82, 2.24) is 4.98 Å². The molecule has 0 aliphatic heterocycles. The van der Waals surface area contributed by atoms with Gasteiger partial charge in [0.05, 0.1) is 5.02 Å². The van der Waals surface area contributed by atoms with Gasteiger partial charge in [0.2, 0.25) is 5.92 Å².